The number of halogens is 2. The molecule has 0 aliphatic heterocycles. The molecule has 7 nitrogen and oxygen atoms in total. The highest BCUT2D eigenvalue weighted by Gasteiger charge is 2.17. The van der Waals surface area contributed by atoms with E-state index < -0.39 is 16.7 Å². The fourth-order valence-electron chi connectivity index (χ4n) is 1.02. The maximum Gasteiger partial charge on any atom is 0.491 e. The number of nitro groups is 1. The van der Waals surface area contributed by atoms with Crippen LogP contribution in [0.3, 0.4) is 0 Å². The molecule has 0 radical (unpaired) electrons. The molecule has 82 valence electrons. The molecule has 16 heavy (non-hydrogen) atoms. The van der Waals surface area contributed by atoms with Gasteiger partial charge < -0.3 is 10.1 Å². The summed E-state index contributed by atoms with van der Waals surface area (Å²) in [5, 5.41) is 13.8. The molecule has 9 heteroatoms. The van der Waals surface area contributed by atoms with E-state index >= 15 is 0 Å². The minimum Gasteiger partial charge on any atom is -0.390 e. The van der Waals surface area contributed by atoms with Gasteiger partial charge in [0.15, 0.2) is 5.82 Å². The van der Waals surface area contributed by atoms with Crippen LogP contribution >= 0.6 is 15.9 Å². The molecule has 2 aromatic heterocycles. The summed E-state index contributed by atoms with van der Waals surface area (Å²) in [7, 11) is 0. The summed E-state index contributed by atoms with van der Waals surface area (Å²) >= 11 is 3.04. The molecule has 2 rings (SSSR count). The van der Waals surface area contributed by atoms with Gasteiger partial charge in [0.25, 0.3) is 0 Å². The van der Waals surface area contributed by atoms with Crippen LogP contribution in [0.15, 0.2) is 23.1 Å². The van der Waals surface area contributed by atoms with E-state index in [0.29, 0.717) is 4.47 Å². The van der Waals surface area contributed by atoms with E-state index in [1.807, 2.05) is 0 Å². The van der Waals surface area contributed by atoms with Gasteiger partial charge in [0.05, 0.1) is 0 Å². The first-order valence-corrected chi connectivity index (χ1v) is 4.74. The maximum absolute atomic E-state index is 13.4. The smallest absolute Gasteiger partial charge is 0.390 e. The van der Waals surface area contributed by atoms with Gasteiger partial charge in [0, 0.05) is 15.8 Å². The predicted molar refractivity (Wildman–Crippen MR) is 53.5 cm³/mol. The largest absolute Gasteiger partial charge is 0.491 e. The van der Waals surface area contributed by atoms with Gasteiger partial charge >= 0.3 is 5.95 Å². The summed E-state index contributed by atoms with van der Waals surface area (Å²) < 4.78 is 14.8. The van der Waals surface area contributed by atoms with Crippen LogP contribution < -0.4 is 0 Å². The van der Waals surface area contributed by atoms with E-state index in [-0.39, 0.29) is 5.82 Å². The molecule has 0 saturated heterocycles. The van der Waals surface area contributed by atoms with Crippen LogP contribution in [0, 0.1) is 15.9 Å². The van der Waals surface area contributed by atoms with Crippen LogP contribution in [-0.2, 0) is 0 Å². The third-order valence-electron chi connectivity index (χ3n) is 1.65. The summed E-state index contributed by atoms with van der Waals surface area (Å²) in [5.74, 6) is -1.41. The molecule has 2 aromatic rings. The average molecular weight is 288 g/mol. The fourth-order valence-corrected chi connectivity index (χ4v) is 1.32. The molecule has 0 atom stereocenters. The van der Waals surface area contributed by atoms with Crippen molar-refractivity contribution >= 4 is 21.9 Å². The second-order valence-electron chi connectivity index (χ2n) is 2.71. The van der Waals surface area contributed by atoms with Gasteiger partial charge in [-0.25, -0.2) is 9.37 Å². The molecule has 2 heterocycles. The molecule has 0 N–H and O–H groups in total. The highest BCUT2D eigenvalue weighted by atomic mass is 79.9. The zero-order valence-corrected chi connectivity index (χ0v) is 9.13. The monoisotopic (exact) mass is 287 g/mol. The molecule has 0 bridgehead atoms. The highest BCUT2D eigenvalue weighted by molar-refractivity contribution is 9.10. The Morgan fingerprint density at radius 1 is 1.50 bits per heavy atom. The van der Waals surface area contributed by atoms with Gasteiger partial charge in [-0.2, -0.15) is 0 Å². The van der Waals surface area contributed by atoms with Crippen molar-refractivity contribution in [1.29, 1.82) is 0 Å². The number of nitrogens with zero attached hydrogens (tertiary/aromatic N) is 5. The number of hydrogen-bond acceptors (Lipinski definition) is 5. The normalized spacial score (nSPS) is 10.4. The minimum atomic E-state index is -0.771. The third kappa shape index (κ3) is 1.89. The van der Waals surface area contributed by atoms with Crippen molar-refractivity contribution in [3.63, 3.8) is 0 Å². The van der Waals surface area contributed by atoms with E-state index in [1.54, 1.807) is 0 Å². The molecule has 0 amide bonds. The zero-order valence-electron chi connectivity index (χ0n) is 7.54. The standard InChI is InChI=1S/C7H3BrFN5O2/c8-4-1-5(9)6(10-2-4)13-3-11-7(12-13)14(15)16/h1-3H. The van der Waals surface area contributed by atoms with E-state index in [2.05, 4.69) is 31.0 Å². The van der Waals surface area contributed by atoms with Crippen LogP contribution in [0.5, 0.6) is 0 Å². The van der Waals surface area contributed by atoms with E-state index in [0.717, 1.165) is 11.0 Å². The molecule has 0 spiro atoms. The van der Waals surface area contributed by atoms with Gasteiger partial charge in [0.2, 0.25) is 12.1 Å². The molecule has 0 saturated carbocycles. The van der Waals surface area contributed by atoms with Crippen molar-refractivity contribution in [2.75, 3.05) is 0 Å². The quantitative estimate of drug-likeness (QED) is 0.617. The lowest BCUT2D eigenvalue weighted by molar-refractivity contribution is -0.394. The number of pyridine rings is 1. The van der Waals surface area contributed by atoms with Crippen molar-refractivity contribution in [2.24, 2.45) is 0 Å². The summed E-state index contributed by atoms with van der Waals surface area (Å²) in [6, 6.07) is 1.18. The Morgan fingerprint density at radius 2 is 2.25 bits per heavy atom. The Balaban J connectivity index is 2.46. The van der Waals surface area contributed by atoms with Crippen molar-refractivity contribution in [3.05, 3.63) is 39.0 Å². The SMILES string of the molecule is O=[N+]([O-])c1ncn(-c2ncc(Br)cc2F)n1. The fraction of sp³-hybridized carbons (Fsp3) is 0. The maximum atomic E-state index is 13.4. The first-order valence-electron chi connectivity index (χ1n) is 3.95. The van der Waals surface area contributed by atoms with Crippen molar-refractivity contribution < 1.29 is 9.31 Å². The van der Waals surface area contributed by atoms with Gasteiger partial charge in [-0.05, 0) is 26.9 Å². The van der Waals surface area contributed by atoms with E-state index in [1.165, 1.54) is 12.3 Å². The first-order chi connectivity index (χ1) is 7.58. The van der Waals surface area contributed by atoms with Gasteiger partial charge in [-0.3, -0.25) is 0 Å². The number of hydrogen-bond donors (Lipinski definition) is 0. The third-order valence-corrected chi connectivity index (χ3v) is 2.08. The van der Waals surface area contributed by atoms with E-state index in [4.69, 9.17) is 0 Å². The predicted octanol–water partition coefficient (Wildman–Crippen LogP) is 1.47. The molecule has 0 aliphatic carbocycles. The Bertz CT molecular complexity index is 557. The van der Waals surface area contributed by atoms with Crippen molar-refractivity contribution in [2.45, 2.75) is 0 Å². The van der Waals surface area contributed by atoms with Gasteiger partial charge in [0.1, 0.15) is 0 Å². The molecular weight excluding hydrogens is 285 g/mol. The average Bonchev–Trinajstić information content (AvgIpc) is 2.66. The Hall–Kier alpha value is -1.90. The van der Waals surface area contributed by atoms with Crippen molar-refractivity contribution in [1.82, 2.24) is 19.7 Å². The zero-order chi connectivity index (χ0) is 11.7. The number of aromatic nitrogens is 4. The molecule has 0 fully saturated rings. The molecule has 0 aromatic carbocycles. The van der Waals surface area contributed by atoms with Crippen LogP contribution in [0.1, 0.15) is 0 Å². The molecule has 0 aliphatic rings. The lowest BCUT2D eigenvalue weighted by atomic mass is 10.4. The van der Waals surface area contributed by atoms with E-state index in [9.17, 15) is 14.5 Å². The second-order valence-corrected chi connectivity index (χ2v) is 3.62. The van der Waals surface area contributed by atoms with Gasteiger partial charge in [-0.15, -0.1) is 4.68 Å². The molecular formula is C7H3BrFN5O2. The lowest BCUT2D eigenvalue weighted by Gasteiger charge is -1.97. The topological polar surface area (TPSA) is 86.7 Å². The second kappa shape index (κ2) is 3.93. The summed E-state index contributed by atoms with van der Waals surface area (Å²) in [4.78, 5) is 16.7. The Morgan fingerprint density at radius 3 is 2.81 bits per heavy atom. The summed E-state index contributed by atoms with van der Waals surface area (Å²) in [6.07, 6.45) is 2.38. The Kier molecular flexibility index (Phi) is 2.60. The highest BCUT2D eigenvalue weighted by Crippen LogP contribution is 2.15. The Labute approximate surface area is 96.2 Å². The summed E-state index contributed by atoms with van der Waals surface area (Å²) in [6.45, 7) is 0. The lowest BCUT2D eigenvalue weighted by Crippen LogP contribution is -2.02. The van der Waals surface area contributed by atoms with Crippen LogP contribution in [0.4, 0.5) is 10.3 Å². The van der Waals surface area contributed by atoms with Crippen LogP contribution in [0.25, 0.3) is 5.82 Å². The number of rotatable bonds is 2. The van der Waals surface area contributed by atoms with Crippen LogP contribution in [-0.4, -0.2) is 24.7 Å². The summed E-state index contributed by atoms with van der Waals surface area (Å²) in [5.41, 5.74) is 0. The first kappa shape index (κ1) is 10.6. The molecule has 0 unspecified atom stereocenters. The minimum absolute atomic E-state index is 0.149. The van der Waals surface area contributed by atoms with Crippen LogP contribution in [0.2, 0.25) is 0 Å². The van der Waals surface area contributed by atoms with Gasteiger partial charge in [-0.1, -0.05) is 4.98 Å². The van der Waals surface area contributed by atoms with Crippen molar-refractivity contribution in [3.8, 4) is 5.82 Å².